The van der Waals surface area contributed by atoms with E-state index in [-0.39, 0.29) is 6.42 Å². The van der Waals surface area contributed by atoms with Gasteiger partial charge in [-0.15, -0.1) is 0 Å². The lowest BCUT2D eigenvalue weighted by Gasteiger charge is -2.12. The van der Waals surface area contributed by atoms with Gasteiger partial charge in [-0.25, -0.2) is 5.48 Å². The van der Waals surface area contributed by atoms with Crippen LogP contribution in [0.3, 0.4) is 0 Å². The Labute approximate surface area is 129 Å². The summed E-state index contributed by atoms with van der Waals surface area (Å²) in [7, 11) is 1.58. The summed E-state index contributed by atoms with van der Waals surface area (Å²) < 4.78 is 11.1. The van der Waals surface area contributed by atoms with Crippen molar-refractivity contribution in [2.24, 2.45) is 0 Å². The molecular weight excluding hydrogens is 282 g/mol. The molecule has 2 rings (SSSR count). The largest absolute Gasteiger partial charge is 0.493 e. The number of amides is 1. The van der Waals surface area contributed by atoms with Crippen LogP contribution in [0.4, 0.5) is 0 Å². The Balaban J connectivity index is 2.01. The average molecular weight is 301 g/mol. The second-order valence-electron chi connectivity index (χ2n) is 4.79. The topological polar surface area (TPSA) is 67.8 Å². The van der Waals surface area contributed by atoms with Crippen molar-refractivity contribution in [3.63, 3.8) is 0 Å². The molecule has 0 aliphatic rings. The van der Waals surface area contributed by atoms with E-state index in [1.165, 1.54) is 0 Å². The molecule has 2 aromatic rings. The molecule has 116 valence electrons. The van der Waals surface area contributed by atoms with Gasteiger partial charge < -0.3 is 9.47 Å². The Bertz CT molecular complexity index is 613. The minimum absolute atomic E-state index is 0.212. The van der Waals surface area contributed by atoms with Crippen molar-refractivity contribution in [2.75, 3.05) is 7.11 Å². The highest BCUT2D eigenvalue weighted by Crippen LogP contribution is 2.29. The van der Waals surface area contributed by atoms with E-state index in [1.54, 1.807) is 12.6 Å². The maximum Gasteiger partial charge on any atom is 0.243 e. The minimum Gasteiger partial charge on any atom is -0.493 e. The van der Waals surface area contributed by atoms with Crippen molar-refractivity contribution in [1.82, 2.24) is 5.48 Å². The van der Waals surface area contributed by atoms with E-state index in [9.17, 15) is 4.79 Å². The molecule has 0 aromatic heterocycles. The smallest absolute Gasteiger partial charge is 0.243 e. The lowest BCUT2D eigenvalue weighted by Crippen LogP contribution is -2.18. The molecule has 1 amide bonds. The molecule has 0 unspecified atom stereocenters. The molecule has 2 aromatic carbocycles. The first-order chi connectivity index (χ1) is 10.7. The summed E-state index contributed by atoms with van der Waals surface area (Å²) in [4.78, 5) is 11.0. The highest BCUT2D eigenvalue weighted by atomic mass is 16.5. The van der Waals surface area contributed by atoms with Crippen LogP contribution in [0.25, 0.3) is 0 Å². The highest BCUT2D eigenvalue weighted by Gasteiger charge is 2.08. The summed E-state index contributed by atoms with van der Waals surface area (Å²) in [6.45, 7) is 0.462. The molecule has 0 saturated carbocycles. The highest BCUT2D eigenvalue weighted by molar-refractivity contribution is 5.74. The molecule has 5 heteroatoms. The van der Waals surface area contributed by atoms with Gasteiger partial charge in [0.05, 0.1) is 7.11 Å². The summed E-state index contributed by atoms with van der Waals surface area (Å²) in [5.41, 5.74) is 3.63. The Morgan fingerprint density at radius 3 is 2.55 bits per heavy atom. The first-order valence-electron chi connectivity index (χ1n) is 6.99. The van der Waals surface area contributed by atoms with E-state index < -0.39 is 5.91 Å². The number of benzene rings is 2. The van der Waals surface area contributed by atoms with Crippen LogP contribution in [0.5, 0.6) is 11.5 Å². The van der Waals surface area contributed by atoms with Crippen LogP contribution in [0.15, 0.2) is 48.5 Å². The minimum atomic E-state index is -0.414. The number of hydroxylamine groups is 1. The third-order valence-corrected chi connectivity index (χ3v) is 3.23. The molecule has 0 spiro atoms. The summed E-state index contributed by atoms with van der Waals surface area (Å²) >= 11 is 0. The second kappa shape index (κ2) is 8.05. The Morgan fingerprint density at radius 2 is 1.86 bits per heavy atom. The standard InChI is InChI=1S/C17H19NO4/c1-21-16-11-13(8-10-17(19)18-20)7-9-15(16)22-12-14-5-3-2-4-6-14/h2-7,9,11,20H,8,10,12H2,1H3,(H,18,19). The third kappa shape index (κ3) is 4.49. The SMILES string of the molecule is COc1cc(CCC(=O)NO)ccc1OCc1ccccc1. The zero-order chi connectivity index (χ0) is 15.8. The first kappa shape index (κ1) is 15.9. The van der Waals surface area contributed by atoms with Gasteiger partial charge in [-0.3, -0.25) is 10.0 Å². The maximum absolute atomic E-state index is 11.0. The Hall–Kier alpha value is -2.53. The zero-order valence-electron chi connectivity index (χ0n) is 12.4. The number of methoxy groups -OCH3 is 1. The van der Waals surface area contributed by atoms with Crippen molar-refractivity contribution in [3.05, 3.63) is 59.7 Å². The fourth-order valence-electron chi connectivity index (χ4n) is 2.04. The monoisotopic (exact) mass is 301 g/mol. The maximum atomic E-state index is 11.0. The van der Waals surface area contributed by atoms with E-state index in [1.807, 2.05) is 48.5 Å². The molecule has 0 radical (unpaired) electrons. The third-order valence-electron chi connectivity index (χ3n) is 3.23. The molecule has 2 N–H and O–H groups in total. The molecule has 22 heavy (non-hydrogen) atoms. The summed E-state index contributed by atoms with van der Waals surface area (Å²) in [5, 5.41) is 8.49. The molecule has 0 bridgehead atoms. The first-order valence-corrected chi connectivity index (χ1v) is 6.99. The summed E-state index contributed by atoms with van der Waals surface area (Å²) in [6, 6.07) is 15.4. The van der Waals surface area contributed by atoms with E-state index in [4.69, 9.17) is 14.7 Å². The molecule has 0 fully saturated rings. The van der Waals surface area contributed by atoms with Crippen LogP contribution < -0.4 is 15.0 Å². The zero-order valence-corrected chi connectivity index (χ0v) is 12.4. The van der Waals surface area contributed by atoms with Gasteiger partial charge in [-0.2, -0.15) is 0 Å². The van der Waals surface area contributed by atoms with Crippen LogP contribution in [-0.4, -0.2) is 18.2 Å². The quantitative estimate of drug-likeness (QED) is 0.609. The molecule has 0 aliphatic carbocycles. The molecule has 0 atom stereocenters. The van der Waals surface area contributed by atoms with Crippen molar-refractivity contribution in [1.29, 1.82) is 0 Å². The van der Waals surface area contributed by atoms with E-state index in [2.05, 4.69) is 0 Å². The molecular formula is C17H19NO4. The van der Waals surface area contributed by atoms with Gasteiger partial charge in [0.25, 0.3) is 0 Å². The van der Waals surface area contributed by atoms with Gasteiger partial charge in [0, 0.05) is 6.42 Å². The van der Waals surface area contributed by atoms with Crippen molar-refractivity contribution in [3.8, 4) is 11.5 Å². The van der Waals surface area contributed by atoms with Crippen LogP contribution in [0, 0.1) is 0 Å². The number of carbonyl (C=O) groups excluding carboxylic acids is 1. The van der Waals surface area contributed by atoms with Crippen molar-refractivity contribution in [2.45, 2.75) is 19.4 Å². The predicted molar refractivity (Wildman–Crippen MR) is 82.0 cm³/mol. The van der Waals surface area contributed by atoms with Gasteiger partial charge in [-0.1, -0.05) is 36.4 Å². The average Bonchev–Trinajstić information content (AvgIpc) is 2.58. The molecule has 0 aliphatic heterocycles. The normalized spacial score (nSPS) is 10.1. The Kier molecular flexibility index (Phi) is 5.80. The van der Waals surface area contributed by atoms with E-state index in [0.29, 0.717) is 24.5 Å². The van der Waals surface area contributed by atoms with Gasteiger partial charge in [-0.05, 0) is 29.7 Å². The fraction of sp³-hybridized carbons (Fsp3) is 0.235. The van der Waals surface area contributed by atoms with Crippen LogP contribution in [-0.2, 0) is 17.8 Å². The van der Waals surface area contributed by atoms with Crippen LogP contribution in [0.2, 0.25) is 0 Å². The number of hydrogen-bond donors (Lipinski definition) is 2. The van der Waals surface area contributed by atoms with Crippen molar-refractivity contribution >= 4 is 5.91 Å². The number of carbonyl (C=O) groups is 1. The van der Waals surface area contributed by atoms with Gasteiger partial charge in [0.15, 0.2) is 11.5 Å². The van der Waals surface area contributed by atoms with Gasteiger partial charge >= 0.3 is 0 Å². The second-order valence-corrected chi connectivity index (χ2v) is 4.79. The van der Waals surface area contributed by atoms with E-state index >= 15 is 0 Å². The van der Waals surface area contributed by atoms with Gasteiger partial charge in [0.1, 0.15) is 6.61 Å². The summed E-state index contributed by atoms with van der Waals surface area (Å²) in [6.07, 6.45) is 0.728. The number of rotatable bonds is 7. The number of aryl methyl sites for hydroxylation is 1. The molecule has 0 heterocycles. The number of hydrogen-bond acceptors (Lipinski definition) is 4. The van der Waals surface area contributed by atoms with Crippen molar-refractivity contribution < 1.29 is 19.5 Å². The summed E-state index contributed by atoms with van der Waals surface area (Å²) in [5.74, 6) is 0.864. The molecule has 5 nitrogen and oxygen atoms in total. The number of ether oxygens (including phenoxy) is 2. The fourth-order valence-corrected chi connectivity index (χ4v) is 2.04. The van der Waals surface area contributed by atoms with Crippen LogP contribution in [0.1, 0.15) is 17.5 Å². The number of nitrogens with one attached hydrogen (secondary N) is 1. The molecule has 0 saturated heterocycles. The Morgan fingerprint density at radius 1 is 1.09 bits per heavy atom. The van der Waals surface area contributed by atoms with Gasteiger partial charge in [0.2, 0.25) is 5.91 Å². The van der Waals surface area contributed by atoms with Crippen LogP contribution >= 0.6 is 0 Å². The lowest BCUT2D eigenvalue weighted by atomic mass is 10.1. The lowest BCUT2D eigenvalue weighted by molar-refractivity contribution is -0.129. The van der Waals surface area contributed by atoms with E-state index in [0.717, 1.165) is 11.1 Å². The predicted octanol–water partition coefficient (Wildman–Crippen LogP) is 2.71.